The number of esters is 1. The van der Waals surface area contributed by atoms with Crippen molar-refractivity contribution in [2.24, 2.45) is 0 Å². The molecule has 0 saturated carbocycles. The molecule has 0 spiro atoms. The SMILES string of the molecule is CCOC(=O)c1ccc(O)s1. The number of hydrogen-bond donors (Lipinski definition) is 1. The molecule has 3 nitrogen and oxygen atoms in total. The van der Waals surface area contributed by atoms with Crippen LogP contribution in [0.2, 0.25) is 0 Å². The average Bonchev–Trinajstić information content (AvgIpc) is 2.36. The van der Waals surface area contributed by atoms with Gasteiger partial charge in [-0.1, -0.05) is 11.3 Å². The molecule has 0 saturated heterocycles. The number of rotatable bonds is 2. The summed E-state index contributed by atoms with van der Waals surface area (Å²) in [5.41, 5.74) is 0. The summed E-state index contributed by atoms with van der Waals surface area (Å²) in [4.78, 5) is 11.4. The minimum Gasteiger partial charge on any atom is -0.499 e. The van der Waals surface area contributed by atoms with Crippen molar-refractivity contribution in [3.05, 3.63) is 17.0 Å². The van der Waals surface area contributed by atoms with Crippen LogP contribution in [-0.2, 0) is 4.74 Å². The second kappa shape index (κ2) is 3.39. The van der Waals surface area contributed by atoms with Crippen molar-refractivity contribution in [1.82, 2.24) is 0 Å². The molecule has 0 aliphatic rings. The normalized spacial score (nSPS) is 9.55. The van der Waals surface area contributed by atoms with Gasteiger partial charge in [-0.05, 0) is 19.1 Å². The van der Waals surface area contributed by atoms with Gasteiger partial charge in [0.25, 0.3) is 0 Å². The molecule has 60 valence electrons. The topological polar surface area (TPSA) is 46.5 Å². The lowest BCUT2D eigenvalue weighted by atomic mass is 10.5. The lowest BCUT2D eigenvalue weighted by molar-refractivity contribution is 0.0532. The van der Waals surface area contributed by atoms with Gasteiger partial charge in [0.1, 0.15) is 4.88 Å². The van der Waals surface area contributed by atoms with Crippen molar-refractivity contribution in [2.75, 3.05) is 6.61 Å². The van der Waals surface area contributed by atoms with E-state index < -0.39 is 0 Å². The summed E-state index contributed by atoms with van der Waals surface area (Å²) in [7, 11) is 0. The zero-order valence-corrected chi connectivity index (χ0v) is 6.85. The van der Waals surface area contributed by atoms with E-state index in [9.17, 15) is 4.79 Å². The van der Waals surface area contributed by atoms with Crippen LogP contribution in [-0.4, -0.2) is 17.7 Å². The Balaban J connectivity index is 2.69. The summed E-state index contributed by atoms with van der Waals surface area (Å²) < 4.78 is 4.70. The van der Waals surface area contributed by atoms with E-state index in [1.807, 2.05) is 0 Å². The first-order valence-electron chi connectivity index (χ1n) is 3.20. The molecule has 0 atom stereocenters. The van der Waals surface area contributed by atoms with Crippen LogP contribution in [0.1, 0.15) is 16.6 Å². The summed E-state index contributed by atoms with van der Waals surface area (Å²) in [6.07, 6.45) is 0. The van der Waals surface area contributed by atoms with Crippen molar-refractivity contribution in [3.8, 4) is 5.06 Å². The van der Waals surface area contributed by atoms with Gasteiger partial charge in [0.15, 0.2) is 5.06 Å². The Hall–Kier alpha value is -1.03. The Bertz CT molecular complexity index is 254. The minimum absolute atomic E-state index is 0.132. The van der Waals surface area contributed by atoms with Gasteiger partial charge >= 0.3 is 5.97 Å². The van der Waals surface area contributed by atoms with Crippen LogP contribution >= 0.6 is 11.3 Å². The maximum absolute atomic E-state index is 10.9. The van der Waals surface area contributed by atoms with Gasteiger partial charge in [-0.3, -0.25) is 0 Å². The van der Waals surface area contributed by atoms with Gasteiger partial charge in [-0.15, -0.1) is 0 Å². The molecule has 0 aliphatic heterocycles. The molecule has 0 aromatic carbocycles. The Kier molecular flexibility index (Phi) is 2.48. The highest BCUT2D eigenvalue weighted by Gasteiger charge is 2.08. The lowest BCUT2D eigenvalue weighted by Crippen LogP contribution is -2.01. The van der Waals surface area contributed by atoms with E-state index in [4.69, 9.17) is 9.84 Å². The molecule has 1 aromatic rings. The summed E-state index contributed by atoms with van der Waals surface area (Å²) in [6.45, 7) is 2.10. The standard InChI is InChI=1S/C7H8O3S/c1-2-10-7(9)5-3-4-6(8)11-5/h3-4,8H,2H2,1H3. The van der Waals surface area contributed by atoms with E-state index >= 15 is 0 Å². The highest BCUT2D eigenvalue weighted by Crippen LogP contribution is 2.22. The third kappa shape index (κ3) is 1.94. The van der Waals surface area contributed by atoms with Crippen LogP contribution in [0, 0.1) is 0 Å². The monoisotopic (exact) mass is 172 g/mol. The maximum Gasteiger partial charge on any atom is 0.348 e. The van der Waals surface area contributed by atoms with E-state index in [-0.39, 0.29) is 11.0 Å². The van der Waals surface area contributed by atoms with E-state index in [0.29, 0.717) is 11.5 Å². The first kappa shape index (κ1) is 8.07. The molecule has 0 fully saturated rings. The maximum atomic E-state index is 10.9. The Morgan fingerprint density at radius 3 is 2.91 bits per heavy atom. The van der Waals surface area contributed by atoms with Crippen molar-refractivity contribution >= 4 is 17.3 Å². The molecule has 1 rings (SSSR count). The smallest absolute Gasteiger partial charge is 0.348 e. The van der Waals surface area contributed by atoms with E-state index in [2.05, 4.69) is 0 Å². The fourth-order valence-corrected chi connectivity index (χ4v) is 1.28. The molecule has 0 radical (unpaired) electrons. The van der Waals surface area contributed by atoms with Gasteiger partial charge in [-0.2, -0.15) is 0 Å². The molecular formula is C7H8O3S. The van der Waals surface area contributed by atoms with Gasteiger partial charge in [-0.25, -0.2) is 4.79 Å². The summed E-state index contributed by atoms with van der Waals surface area (Å²) in [5.74, 6) is -0.377. The summed E-state index contributed by atoms with van der Waals surface area (Å²) >= 11 is 1.02. The van der Waals surface area contributed by atoms with Gasteiger partial charge in [0.05, 0.1) is 6.61 Å². The molecule has 11 heavy (non-hydrogen) atoms. The fourth-order valence-electron chi connectivity index (χ4n) is 0.640. The van der Waals surface area contributed by atoms with Crippen molar-refractivity contribution in [3.63, 3.8) is 0 Å². The second-order valence-corrected chi connectivity index (χ2v) is 2.92. The first-order chi connectivity index (χ1) is 5.24. The van der Waals surface area contributed by atoms with E-state index in [1.54, 1.807) is 6.92 Å². The predicted octanol–water partition coefficient (Wildman–Crippen LogP) is 1.63. The lowest BCUT2D eigenvalue weighted by Gasteiger charge is -1.95. The van der Waals surface area contributed by atoms with Crippen LogP contribution in [0.4, 0.5) is 0 Å². The number of thiophene rings is 1. The molecule has 0 aliphatic carbocycles. The fraction of sp³-hybridized carbons (Fsp3) is 0.286. The quantitative estimate of drug-likeness (QED) is 0.689. The number of carbonyl (C=O) groups is 1. The van der Waals surface area contributed by atoms with E-state index in [0.717, 1.165) is 11.3 Å². The Morgan fingerprint density at radius 2 is 2.45 bits per heavy atom. The number of hydrogen-bond acceptors (Lipinski definition) is 4. The molecule has 0 bridgehead atoms. The first-order valence-corrected chi connectivity index (χ1v) is 4.01. The molecular weight excluding hydrogens is 164 g/mol. The largest absolute Gasteiger partial charge is 0.499 e. The van der Waals surface area contributed by atoms with Crippen LogP contribution in [0.5, 0.6) is 5.06 Å². The van der Waals surface area contributed by atoms with Crippen LogP contribution in [0.25, 0.3) is 0 Å². The minimum atomic E-state index is -0.377. The van der Waals surface area contributed by atoms with Crippen molar-refractivity contribution < 1.29 is 14.6 Å². The van der Waals surface area contributed by atoms with E-state index in [1.165, 1.54) is 12.1 Å². The predicted molar refractivity (Wildman–Crippen MR) is 41.9 cm³/mol. The van der Waals surface area contributed by atoms with Gasteiger partial charge < -0.3 is 9.84 Å². The second-order valence-electron chi connectivity index (χ2n) is 1.86. The molecule has 0 amide bonds. The summed E-state index contributed by atoms with van der Waals surface area (Å²) in [6, 6.07) is 3.01. The zero-order valence-electron chi connectivity index (χ0n) is 6.03. The van der Waals surface area contributed by atoms with Crippen LogP contribution in [0.3, 0.4) is 0 Å². The average molecular weight is 172 g/mol. The highest BCUT2D eigenvalue weighted by atomic mass is 32.1. The number of carbonyl (C=O) groups excluding carboxylic acids is 1. The third-order valence-electron chi connectivity index (χ3n) is 1.07. The van der Waals surface area contributed by atoms with Crippen molar-refractivity contribution in [2.45, 2.75) is 6.92 Å². The Labute approximate surface area is 68.2 Å². The zero-order chi connectivity index (χ0) is 8.27. The Morgan fingerprint density at radius 1 is 1.73 bits per heavy atom. The number of aromatic hydroxyl groups is 1. The number of ether oxygens (including phenoxy) is 1. The molecule has 0 unspecified atom stereocenters. The van der Waals surface area contributed by atoms with Crippen LogP contribution < -0.4 is 0 Å². The molecule has 1 N–H and O–H groups in total. The molecule has 4 heteroatoms. The van der Waals surface area contributed by atoms with Crippen molar-refractivity contribution in [1.29, 1.82) is 0 Å². The summed E-state index contributed by atoms with van der Waals surface area (Å²) in [5, 5.41) is 9.01. The van der Waals surface area contributed by atoms with Gasteiger partial charge in [0, 0.05) is 0 Å². The highest BCUT2D eigenvalue weighted by molar-refractivity contribution is 7.15. The molecule has 1 heterocycles. The van der Waals surface area contributed by atoms with Gasteiger partial charge in [0.2, 0.25) is 0 Å². The van der Waals surface area contributed by atoms with Crippen LogP contribution in [0.15, 0.2) is 12.1 Å². The molecule has 1 aromatic heterocycles. The third-order valence-corrected chi connectivity index (χ3v) is 1.94.